The van der Waals surface area contributed by atoms with Crippen LogP contribution in [0, 0.1) is 11.8 Å². The van der Waals surface area contributed by atoms with Gasteiger partial charge in [0.2, 0.25) is 0 Å². The monoisotopic (exact) mass is 572 g/mol. The van der Waals surface area contributed by atoms with Gasteiger partial charge in [-0.05, 0) is 102 Å². The van der Waals surface area contributed by atoms with Crippen molar-refractivity contribution in [2.75, 3.05) is 13.2 Å². The minimum Gasteiger partial charge on any atom is -0.481 e. The fourth-order valence-corrected chi connectivity index (χ4v) is 6.91. The van der Waals surface area contributed by atoms with Crippen LogP contribution in [-0.2, 0) is 24.0 Å². The molecule has 3 N–H and O–H groups in total. The molecule has 0 aliphatic carbocycles. The predicted molar refractivity (Wildman–Crippen MR) is 152 cm³/mol. The van der Waals surface area contributed by atoms with Crippen molar-refractivity contribution in [2.45, 2.75) is 155 Å². The molecule has 2 rings (SSSR count). The summed E-state index contributed by atoms with van der Waals surface area (Å²) in [6, 6.07) is 0. The van der Waals surface area contributed by atoms with Crippen molar-refractivity contribution in [3.05, 3.63) is 0 Å². The van der Waals surface area contributed by atoms with Gasteiger partial charge in [-0.3, -0.25) is 19.3 Å². The Hall–Kier alpha value is -1.30. The molecule has 0 aromatic heterocycles. The lowest BCUT2D eigenvalue weighted by atomic mass is 9.69. The molecule has 1 atom stereocenters. The molecule has 40 heavy (non-hydrogen) atoms. The average Bonchev–Trinajstić information content (AvgIpc) is 2.66. The molecule has 0 aromatic rings. The van der Waals surface area contributed by atoms with Gasteiger partial charge in [-0.25, -0.2) is 0 Å². The molecule has 2 heterocycles. The zero-order chi connectivity index (χ0) is 31.1. The van der Waals surface area contributed by atoms with Crippen LogP contribution in [0.1, 0.15) is 115 Å². The van der Waals surface area contributed by atoms with Crippen LogP contribution < -0.4 is 0 Å². The molecule has 0 bridgehead atoms. The van der Waals surface area contributed by atoms with Crippen LogP contribution in [0.25, 0.3) is 0 Å². The number of carboxylic acid groups (broad SMARTS) is 1. The van der Waals surface area contributed by atoms with E-state index in [9.17, 15) is 24.9 Å². The van der Waals surface area contributed by atoms with Gasteiger partial charge in [0.25, 0.3) is 0 Å². The topological polar surface area (TPSA) is 129 Å². The Labute approximate surface area is 241 Å². The van der Waals surface area contributed by atoms with E-state index in [4.69, 9.17) is 14.4 Å². The van der Waals surface area contributed by atoms with Crippen LogP contribution in [0.15, 0.2) is 0 Å². The van der Waals surface area contributed by atoms with Crippen molar-refractivity contribution in [1.82, 2.24) is 10.1 Å². The number of hydrogen-bond donors (Lipinski definition) is 3. The minimum absolute atomic E-state index is 0.120. The SMILES string of the molecule is CC(C)(O)CON1C(C)(C)CC(OC(=O)C(CC(=O)O)C2CC(C)(C)N(OCC(C)(C)O)C(C)(C)C2)CC1(C)C. The van der Waals surface area contributed by atoms with Crippen LogP contribution >= 0.6 is 0 Å². The minimum atomic E-state index is -1.03. The molecular formula is C30H56N2O8. The van der Waals surface area contributed by atoms with Gasteiger partial charge in [-0.1, -0.05) is 0 Å². The van der Waals surface area contributed by atoms with Crippen molar-refractivity contribution in [3.63, 3.8) is 0 Å². The summed E-state index contributed by atoms with van der Waals surface area (Å²) in [6.07, 6.45) is 1.38. The summed E-state index contributed by atoms with van der Waals surface area (Å²) in [4.78, 5) is 37.8. The Morgan fingerprint density at radius 2 is 1.10 bits per heavy atom. The summed E-state index contributed by atoms with van der Waals surface area (Å²) in [5, 5.41) is 33.9. The highest BCUT2D eigenvalue weighted by Gasteiger charge is 2.52. The molecule has 2 aliphatic rings. The van der Waals surface area contributed by atoms with Crippen LogP contribution in [-0.4, -0.2) is 90.1 Å². The Balaban J connectivity index is 2.23. The second kappa shape index (κ2) is 11.8. The summed E-state index contributed by atoms with van der Waals surface area (Å²) in [5.74, 6) is -2.55. The number of nitrogens with zero attached hydrogens (tertiary/aromatic N) is 2. The van der Waals surface area contributed by atoms with Crippen LogP contribution in [0.2, 0.25) is 0 Å². The highest BCUT2D eigenvalue weighted by molar-refractivity contribution is 5.79. The van der Waals surface area contributed by atoms with E-state index in [-0.39, 0.29) is 25.6 Å². The number of carbonyl (C=O) groups excluding carboxylic acids is 1. The van der Waals surface area contributed by atoms with Crippen molar-refractivity contribution >= 4 is 11.9 Å². The first-order chi connectivity index (χ1) is 17.8. The molecule has 0 amide bonds. The normalized spacial score (nSPS) is 24.9. The predicted octanol–water partition coefficient (Wildman–Crippen LogP) is 4.32. The first kappa shape index (κ1) is 34.9. The number of carboxylic acids is 1. The lowest BCUT2D eigenvalue weighted by Crippen LogP contribution is -2.63. The summed E-state index contributed by atoms with van der Waals surface area (Å²) >= 11 is 0. The summed E-state index contributed by atoms with van der Waals surface area (Å²) < 4.78 is 6.12. The van der Waals surface area contributed by atoms with Crippen molar-refractivity contribution in [2.24, 2.45) is 11.8 Å². The van der Waals surface area contributed by atoms with Gasteiger partial charge in [0.1, 0.15) is 6.10 Å². The molecule has 2 fully saturated rings. The summed E-state index contributed by atoms with van der Waals surface area (Å²) in [7, 11) is 0. The Morgan fingerprint density at radius 1 is 0.750 bits per heavy atom. The van der Waals surface area contributed by atoms with Crippen LogP contribution in [0.3, 0.4) is 0 Å². The molecule has 0 saturated carbocycles. The Morgan fingerprint density at radius 3 is 1.43 bits per heavy atom. The number of hydrogen-bond acceptors (Lipinski definition) is 9. The number of aliphatic hydroxyl groups is 2. The largest absolute Gasteiger partial charge is 0.481 e. The zero-order valence-corrected chi connectivity index (χ0v) is 27.0. The van der Waals surface area contributed by atoms with Gasteiger partial charge in [-0.2, -0.15) is 10.1 Å². The first-order valence-corrected chi connectivity index (χ1v) is 14.5. The third kappa shape index (κ3) is 9.36. The maximum absolute atomic E-state index is 13.7. The quantitative estimate of drug-likeness (QED) is 0.308. The molecule has 0 aromatic carbocycles. The fraction of sp³-hybridized carbons (Fsp3) is 0.933. The maximum Gasteiger partial charge on any atom is 0.310 e. The molecule has 234 valence electrons. The van der Waals surface area contributed by atoms with E-state index in [1.165, 1.54) is 0 Å². The third-order valence-electron chi connectivity index (χ3n) is 7.82. The van der Waals surface area contributed by atoms with E-state index >= 15 is 0 Å². The van der Waals surface area contributed by atoms with Gasteiger partial charge in [0.05, 0.1) is 36.8 Å². The Kier molecular flexibility index (Phi) is 10.3. The Bertz CT molecular complexity index is 864. The van der Waals surface area contributed by atoms with E-state index in [1.807, 2.05) is 65.5 Å². The van der Waals surface area contributed by atoms with Crippen molar-refractivity contribution < 1.29 is 39.3 Å². The number of hydroxylamine groups is 4. The molecule has 10 heteroatoms. The average molecular weight is 573 g/mol. The highest BCUT2D eigenvalue weighted by Crippen LogP contribution is 2.46. The second-order valence-electron chi connectivity index (χ2n) is 15.9. The molecule has 0 spiro atoms. The molecule has 0 radical (unpaired) electrons. The summed E-state index contributed by atoms with van der Waals surface area (Å²) in [5.41, 5.74) is -4.00. The van der Waals surface area contributed by atoms with Crippen molar-refractivity contribution in [3.8, 4) is 0 Å². The van der Waals surface area contributed by atoms with Gasteiger partial charge >= 0.3 is 11.9 Å². The van der Waals surface area contributed by atoms with E-state index in [1.54, 1.807) is 27.7 Å². The standard InChI is InChI=1S/C30H56N2O8/c1-25(2)14-20(15-26(3,4)31(25)38-18-29(9,10)36)22(13-23(33)34)24(35)40-21-16-27(5,6)32(28(7,8)17-21)39-19-30(11,12)37/h20-22,36-37H,13-19H2,1-12H3,(H,33,34). The van der Waals surface area contributed by atoms with E-state index in [0.717, 1.165) is 0 Å². The van der Waals surface area contributed by atoms with Gasteiger partial charge in [-0.15, -0.1) is 0 Å². The molecule has 2 aliphatic heterocycles. The second-order valence-corrected chi connectivity index (χ2v) is 15.9. The van der Waals surface area contributed by atoms with Gasteiger partial charge in [0, 0.05) is 35.0 Å². The van der Waals surface area contributed by atoms with Crippen LogP contribution in [0.4, 0.5) is 0 Å². The molecule has 2 saturated heterocycles. The summed E-state index contributed by atoms with van der Waals surface area (Å²) in [6.45, 7) is 23.1. The van der Waals surface area contributed by atoms with E-state index in [0.29, 0.717) is 25.7 Å². The number of rotatable bonds is 11. The zero-order valence-electron chi connectivity index (χ0n) is 27.0. The number of aliphatic carboxylic acids is 1. The molecule has 1 unspecified atom stereocenters. The highest BCUT2D eigenvalue weighted by atomic mass is 16.7. The van der Waals surface area contributed by atoms with E-state index < -0.39 is 57.3 Å². The van der Waals surface area contributed by atoms with Crippen molar-refractivity contribution in [1.29, 1.82) is 0 Å². The lowest BCUT2D eigenvalue weighted by Gasteiger charge is -2.55. The maximum atomic E-state index is 13.7. The number of carbonyl (C=O) groups is 2. The lowest BCUT2D eigenvalue weighted by molar-refractivity contribution is -0.308. The molecule has 10 nitrogen and oxygen atoms in total. The van der Waals surface area contributed by atoms with Gasteiger partial charge < -0.3 is 20.1 Å². The smallest absolute Gasteiger partial charge is 0.310 e. The van der Waals surface area contributed by atoms with Crippen LogP contribution in [0.5, 0.6) is 0 Å². The number of esters is 1. The number of piperidine rings is 2. The third-order valence-corrected chi connectivity index (χ3v) is 7.82. The first-order valence-electron chi connectivity index (χ1n) is 14.5. The fourth-order valence-electron chi connectivity index (χ4n) is 6.91. The molecular weight excluding hydrogens is 516 g/mol. The van der Waals surface area contributed by atoms with Gasteiger partial charge in [0.15, 0.2) is 0 Å². The van der Waals surface area contributed by atoms with E-state index in [2.05, 4.69) is 0 Å². The number of ether oxygens (including phenoxy) is 1.